The monoisotopic (exact) mass is 156 g/mol. The van der Waals surface area contributed by atoms with Crippen molar-refractivity contribution in [2.45, 2.75) is 31.9 Å². The first-order valence-electron chi connectivity index (χ1n) is 3.44. The van der Waals surface area contributed by atoms with Gasteiger partial charge in [-0.15, -0.1) is 11.8 Å². The van der Waals surface area contributed by atoms with Crippen molar-refractivity contribution in [2.75, 3.05) is 0 Å². The van der Waals surface area contributed by atoms with Crippen molar-refractivity contribution in [2.24, 2.45) is 0 Å². The SMILES string of the molecule is C/C=C1\SC(C)(C)CC1=O. The first-order valence-corrected chi connectivity index (χ1v) is 4.25. The third-order valence-corrected chi connectivity index (χ3v) is 2.89. The van der Waals surface area contributed by atoms with E-state index in [-0.39, 0.29) is 4.75 Å². The summed E-state index contributed by atoms with van der Waals surface area (Å²) in [6.07, 6.45) is 2.60. The Hall–Kier alpha value is -0.240. The Morgan fingerprint density at radius 1 is 1.60 bits per heavy atom. The van der Waals surface area contributed by atoms with Crippen LogP contribution in [0.4, 0.5) is 0 Å². The summed E-state index contributed by atoms with van der Waals surface area (Å²) in [6.45, 7) is 6.12. The molecule has 10 heavy (non-hydrogen) atoms. The van der Waals surface area contributed by atoms with Crippen LogP contribution in [0.5, 0.6) is 0 Å². The average Bonchev–Trinajstić information content (AvgIpc) is 2.05. The lowest BCUT2D eigenvalue weighted by molar-refractivity contribution is -0.114. The van der Waals surface area contributed by atoms with Gasteiger partial charge in [0.05, 0.1) is 0 Å². The standard InChI is InChI=1S/C8H12OS/c1-4-7-6(9)5-8(2,3)10-7/h4H,5H2,1-3H3/b7-4-. The molecule has 0 aliphatic carbocycles. The first-order chi connectivity index (χ1) is 4.55. The van der Waals surface area contributed by atoms with Crippen molar-refractivity contribution in [1.82, 2.24) is 0 Å². The number of carbonyl (C=O) groups excluding carboxylic acids is 1. The van der Waals surface area contributed by atoms with Gasteiger partial charge >= 0.3 is 0 Å². The van der Waals surface area contributed by atoms with Gasteiger partial charge in [0.1, 0.15) is 0 Å². The summed E-state index contributed by atoms with van der Waals surface area (Å²) in [5.74, 6) is 0.303. The molecule has 1 fully saturated rings. The minimum atomic E-state index is 0.138. The van der Waals surface area contributed by atoms with E-state index in [2.05, 4.69) is 13.8 Å². The topological polar surface area (TPSA) is 17.1 Å². The highest BCUT2D eigenvalue weighted by Crippen LogP contribution is 2.42. The summed E-state index contributed by atoms with van der Waals surface area (Å²) in [4.78, 5) is 12.1. The fourth-order valence-electron chi connectivity index (χ4n) is 1.08. The predicted octanol–water partition coefficient (Wildman–Crippen LogP) is 2.37. The molecular formula is C8H12OS. The largest absolute Gasteiger partial charge is 0.294 e. The Morgan fingerprint density at radius 3 is 2.40 bits per heavy atom. The molecule has 1 aliphatic rings. The van der Waals surface area contributed by atoms with Crippen LogP contribution in [0.15, 0.2) is 11.0 Å². The van der Waals surface area contributed by atoms with Gasteiger partial charge in [-0.1, -0.05) is 6.08 Å². The number of carbonyl (C=O) groups is 1. The van der Waals surface area contributed by atoms with E-state index >= 15 is 0 Å². The second-order valence-electron chi connectivity index (χ2n) is 3.11. The molecule has 0 aromatic carbocycles. The van der Waals surface area contributed by atoms with E-state index in [1.54, 1.807) is 11.8 Å². The van der Waals surface area contributed by atoms with Crippen LogP contribution in [0.25, 0.3) is 0 Å². The summed E-state index contributed by atoms with van der Waals surface area (Å²) < 4.78 is 0.138. The molecule has 1 nitrogen and oxygen atoms in total. The molecule has 0 bridgehead atoms. The molecule has 0 aromatic rings. The van der Waals surface area contributed by atoms with Crippen molar-refractivity contribution < 1.29 is 4.79 Å². The maximum absolute atomic E-state index is 11.1. The molecule has 2 heteroatoms. The molecule has 0 N–H and O–H groups in total. The van der Waals surface area contributed by atoms with Crippen molar-refractivity contribution >= 4 is 17.5 Å². The lowest BCUT2D eigenvalue weighted by Gasteiger charge is -2.11. The van der Waals surface area contributed by atoms with Crippen LogP contribution in [-0.4, -0.2) is 10.5 Å². The van der Waals surface area contributed by atoms with Crippen molar-refractivity contribution in [1.29, 1.82) is 0 Å². The van der Waals surface area contributed by atoms with Gasteiger partial charge in [0.2, 0.25) is 0 Å². The zero-order valence-corrected chi connectivity index (χ0v) is 7.42. The van der Waals surface area contributed by atoms with Gasteiger partial charge in [-0.3, -0.25) is 4.79 Å². The molecule has 1 saturated heterocycles. The Labute approximate surface area is 65.9 Å². The number of hydrogen-bond donors (Lipinski definition) is 0. The second kappa shape index (κ2) is 2.42. The minimum absolute atomic E-state index is 0.138. The van der Waals surface area contributed by atoms with E-state index in [0.717, 1.165) is 4.91 Å². The normalized spacial score (nSPS) is 27.9. The van der Waals surface area contributed by atoms with Gasteiger partial charge in [0.15, 0.2) is 5.78 Å². The minimum Gasteiger partial charge on any atom is -0.294 e. The van der Waals surface area contributed by atoms with Gasteiger partial charge in [-0.05, 0) is 20.8 Å². The van der Waals surface area contributed by atoms with E-state index < -0.39 is 0 Å². The smallest absolute Gasteiger partial charge is 0.170 e. The maximum atomic E-state index is 11.1. The number of rotatable bonds is 0. The first kappa shape index (κ1) is 7.86. The zero-order valence-electron chi connectivity index (χ0n) is 6.60. The summed E-state index contributed by atoms with van der Waals surface area (Å²) >= 11 is 1.69. The summed E-state index contributed by atoms with van der Waals surface area (Å²) in [7, 11) is 0. The Balaban J connectivity index is 2.81. The number of allylic oxidation sites excluding steroid dienone is 2. The van der Waals surface area contributed by atoms with E-state index in [4.69, 9.17) is 0 Å². The van der Waals surface area contributed by atoms with Gasteiger partial charge < -0.3 is 0 Å². The highest BCUT2D eigenvalue weighted by Gasteiger charge is 2.33. The lowest BCUT2D eigenvalue weighted by Crippen LogP contribution is -2.09. The van der Waals surface area contributed by atoms with E-state index in [0.29, 0.717) is 12.2 Å². The molecule has 0 unspecified atom stereocenters. The molecule has 0 atom stereocenters. The van der Waals surface area contributed by atoms with Gasteiger partial charge in [0.25, 0.3) is 0 Å². The highest BCUT2D eigenvalue weighted by molar-refractivity contribution is 8.05. The van der Waals surface area contributed by atoms with Crippen LogP contribution in [0.1, 0.15) is 27.2 Å². The zero-order chi connectivity index (χ0) is 7.78. The molecule has 0 amide bonds. The average molecular weight is 156 g/mol. The number of hydrogen-bond acceptors (Lipinski definition) is 2. The number of ketones is 1. The van der Waals surface area contributed by atoms with Crippen molar-refractivity contribution in [3.8, 4) is 0 Å². The molecule has 1 heterocycles. The number of Topliss-reactive ketones (excluding diaryl/α,β-unsaturated/α-hetero) is 1. The summed E-state index contributed by atoms with van der Waals surface area (Å²) in [5.41, 5.74) is 0. The van der Waals surface area contributed by atoms with Crippen molar-refractivity contribution in [3.05, 3.63) is 11.0 Å². The Kier molecular flexibility index (Phi) is 1.90. The maximum Gasteiger partial charge on any atom is 0.170 e. The van der Waals surface area contributed by atoms with Crippen LogP contribution in [-0.2, 0) is 4.79 Å². The van der Waals surface area contributed by atoms with Crippen LogP contribution in [0, 0.1) is 0 Å². The van der Waals surface area contributed by atoms with Gasteiger partial charge in [0, 0.05) is 16.1 Å². The van der Waals surface area contributed by atoms with Gasteiger partial charge in [-0.25, -0.2) is 0 Å². The lowest BCUT2D eigenvalue weighted by atomic mass is 10.1. The van der Waals surface area contributed by atoms with Gasteiger partial charge in [-0.2, -0.15) is 0 Å². The fourth-order valence-corrected chi connectivity index (χ4v) is 2.19. The molecule has 56 valence electrons. The molecule has 0 saturated carbocycles. The van der Waals surface area contributed by atoms with Crippen LogP contribution >= 0.6 is 11.8 Å². The summed E-state index contributed by atoms with van der Waals surface area (Å²) in [6, 6.07) is 0. The van der Waals surface area contributed by atoms with Crippen LogP contribution in [0.3, 0.4) is 0 Å². The Morgan fingerprint density at radius 2 is 2.20 bits per heavy atom. The van der Waals surface area contributed by atoms with E-state index in [1.165, 1.54) is 0 Å². The third-order valence-electron chi connectivity index (χ3n) is 1.51. The molecular weight excluding hydrogens is 144 g/mol. The van der Waals surface area contributed by atoms with E-state index in [9.17, 15) is 4.79 Å². The molecule has 1 rings (SSSR count). The fraction of sp³-hybridized carbons (Fsp3) is 0.625. The molecule has 0 spiro atoms. The Bertz CT molecular complexity index is 191. The van der Waals surface area contributed by atoms with Crippen LogP contribution < -0.4 is 0 Å². The van der Waals surface area contributed by atoms with Crippen LogP contribution in [0.2, 0.25) is 0 Å². The molecule has 0 aromatic heterocycles. The second-order valence-corrected chi connectivity index (χ2v) is 4.86. The quantitative estimate of drug-likeness (QED) is 0.501. The third kappa shape index (κ3) is 1.43. The highest BCUT2D eigenvalue weighted by atomic mass is 32.2. The molecule has 1 aliphatic heterocycles. The molecule has 0 radical (unpaired) electrons. The predicted molar refractivity (Wildman–Crippen MR) is 45.1 cm³/mol. The van der Waals surface area contributed by atoms with E-state index in [1.807, 2.05) is 13.0 Å². The summed E-state index contributed by atoms with van der Waals surface area (Å²) in [5, 5.41) is 0. The van der Waals surface area contributed by atoms with Crippen molar-refractivity contribution in [3.63, 3.8) is 0 Å². The number of thioether (sulfide) groups is 1.